The van der Waals surface area contributed by atoms with E-state index in [2.05, 4.69) is 0 Å². The average Bonchev–Trinajstić information content (AvgIpc) is 2.22. The van der Waals surface area contributed by atoms with Crippen LogP contribution in [0, 0.1) is 5.82 Å². The minimum absolute atomic E-state index is 0.0375. The zero-order valence-electron chi connectivity index (χ0n) is 9.47. The summed E-state index contributed by atoms with van der Waals surface area (Å²) in [5, 5.41) is 9.73. The predicted octanol–water partition coefficient (Wildman–Crippen LogP) is 4.12. The molecule has 1 atom stereocenters. The van der Waals surface area contributed by atoms with Gasteiger partial charge >= 0.3 is 6.18 Å². The van der Waals surface area contributed by atoms with Gasteiger partial charge in [-0.3, -0.25) is 0 Å². The third-order valence-corrected chi connectivity index (χ3v) is 2.85. The van der Waals surface area contributed by atoms with Crippen molar-refractivity contribution in [1.82, 2.24) is 0 Å². The summed E-state index contributed by atoms with van der Waals surface area (Å²) in [6.07, 6.45) is -6.50. The van der Waals surface area contributed by atoms with Gasteiger partial charge in [0.05, 0.1) is 6.10 Å². The third-order valence-electron chi connectivity index (χ3n) is 2.50. The van der Waals surface area contributed by atoms with Crippen LogP contribution in [-0.4, -0.2) is 17.4 Å². The Hall–Kier alpha value is -0.810. The Morgan fingerprint density at radius 3 is 2.50 bits per heavy atom. The van der Waals surface area contributed by atoms with Crippen LogP contribution in [0.2, 0.25) is 5.02 Å². The first-order chi connectivity index (χ1) is 8.29. The van der Waals surface area contributed by atoms with Crippen LogP contribution in [0.5, 0.6) is 0 Å². The summed E-state index contributed by atoms with van der Waals surface area (Å²) < 4.78 is 49.0. The molecule has 0 spiro atoms. The van der Waals surface area contributed by atoms with Crippen LogP contribution in [0.3, 0.4) is 0 Å². The molecule has 1 rings (SSSR count). The Morgan fingerprint density at radius 2 is 1.94 bits per heavy atom. The summed E-state index contributed by atoms with van der Waals surface area (Å²) in [5.74, 6) is -0.558. The highest BCUT2D eigenvalue weighted by molar-refractivity contribution is 6.31. The zero-order chi connectivity index (χ0) is 13.8. The van der Waals surface area contributed by atoms with Crippen LogP contribution >= 0.6 is 11.6 Å². The lowest BCUT2D eigenvalue weighted by atomic mass is 10.0. The van der Waals surface area contributed by atoms with Gasteiger partial charge in [0.25, 0.3) is 0 Å². The van der Waals surface area contributed by atoms with Gasteiger partial charge in [-0.25, -0.2) is 4.39 Å². The molecule has 18 heavy (non-hydrogen) atoms. The van der Waals surface area contributed by atoms with Gasteiger partial charge in [-0.05, 0) is 25.0 Å². The molecule has 0 heterocycles. The van der Waals surface area contributed by atoms with E-state index in [1.54, 1.807) is 0 Å². The number of halogens is 5. The molecule has 0 fully saturated rings. The Morgan fingerprint density at radius 1 is 1.28 bits per heavy atom. The van der Waals surface area contributed by atoms with Crippen LogP contribution in [0.1, 0.15) is 24.8 Å². The fraction of sp³-hybridized carbons (Fsp3) is 0.500. The molecular weight excluding hydrogens is 272 g/mol. The Balaban J connectivity index is 2.47. The molecule has 0 saturated carbocycles. The number of hydrogen-bond acceptors (Lipinski definition) is 1. The van der Waals surface area contributed by atoms with E-state index >= 15 is 0 Å². The lowest BCUT2D eigenvalue weighted by molar-refractivity contribution is -0.136. The second-order valence-corrected chi connectivity index (χ2v) is 4.47. The van der Waals surface area contributed by atoms with E-state index in [-0.39, 0.29) is 29.8 Å². The van der Waals surface area contributed by atoms with Crippen LogP contribution in [0.15, 0.2) is 18.2 Å². The van der Waals surface area contributed by atoms with E-state index in [0.29, 0.717) is 0 Å². The topological polar surface area (TPSA) is 20.2 Å². The average molecular weight is 285 g/mol. The molecule has 0 aliphatic carbocycles. The number of alkyl halides is 3. The maximum absolute atomic E-state index is 13.3. The molecule has 1 aromatic rings. The maximum Gasteiger partial charge on any atom is 0.389 e. The third kappa shape index (κ3) is 5.23. The molecule has 0 radical (unpaired) electrons. The van der Waals surface area contributed by atoms with Crippen LogP contribution < -0.4 is 0 Å². The first kappa shape index (κ1) is 15.2. The van der Waals surface area contributed by atoms with Crippen molar-refractivity contribution in [2.24, 2.45) is 0 Å². The van der Waals surface area contributed by atoms with Crippen molar-refractivity contribution in [2.75, 3.05) is 0 Å². The molecule has 0 bridgehead atoms. The minimum atomic E-state index is -4.23. The summed E-state index contributed by atoms with van der Waals surface area (Å²) in [7, 11) is 0. The largest absolute Gasteiger partial charge is 0.393 e. The van der Waals surface area contributed by atoms with Gasteiger partial charge in [0.15, 0.2) is 0 Å². The molecule has 6 heteroatoms. The molecule has 0 aliphatic heterocycles. The Labute approximate surface area is 107 Å². The van der Waals surface area contributed by atoms with Crippen molar-refractivity contribution in [2.45, 2.75) is 38.0 Å². The van der Waals surface area contributed by atoms with Crippen molar-refractivity contribution < 1.29 is 22.7 Å². The maximum atomic E-state index is 13.3. The van der Waals surface area contributed by atoms with Crippen LogP contribution in [0.25, 0.3) is 0 Å². The van der Waals surface area contributed by atoms with Gasteiger partial charge in [0, 0.05) is 23.4 Å². The molecule has 0 saturated heterocycles. The van der Waals surface area contributed by atoms with Crippen molar-refractivity contribution in [3.05, 3.63) is 34.6 Å². The summed E-state index contributed by atoms with van der Waals surface area (Å²) >= 11 is 5.75. The monoisotopic (exact) mass is 284 g/mol. The zero-order valence-corrected chi connectivity index (χ0v) is 10.2. The van der Waals surface area contributed by atoms with Crippen LogP contribution in [-0.2, 0) is 6.42 Å². The lowest BCUT2D eigenvalue weighted by Crippen LogP contribution is -2.14. The van der Waals surface area contributed by atoms with E-state index in [1.165, 1.54) is 18.2 Å². The molecule has 102 valence electrons. The normalized spacial score (nSPS) is 13.7. The first-order valence-corrected chi connectivity index (χ1v) is 5.85. The fourth-order valence-electron chi connectivity index (χ4n) is 1.60. The molecular formula is C12H13ClF4O. The van der Waals surface area contributed by atoms with E-state index < -0.39 is 24.5 Å². The van der Waals surface area contributed by atoms with Crippen LogP contribution in [0.4, 0.5) is 17.6 Å². The van der Waals surface area contributed by atoms with Gasteiger partial charge < -0.3 is 5.11 Å². The summed E-state index contributed by atoms with van der Waals surface area (Å²) in [5.41, 5.74) is 0.138. The summed E-state index contributed by atoms with van der Waals surface area (Å²) in [6, 6.07) is 4.10. The molecule has 1 nitrogen and oxygen atoms in total. The first-order valence-electron chi connectivity index (χ1n) is 5.47. The highest BCUT2D eigenvalue weighted by atomic mass is 35.5. The molecule has 1 aromatic carbocycles. The van der Waals surface area contributed by atoms with Crippen molar-refractivity contribution in [3.8, 4) is 0 Å². The number of aliphatic hydroxyl groups is 1. The van der Waals surface area contributed by atoms with Gasteiger partial charge in [-0.15, -0.1) is 0 Å². The number of hydrogen-bond donors (Lipinski definition) is 1. The standard InChI is InChI=1S/C12H13ClF4O/c13-10-4-1-5-11(14)9(10)7-8(18)3-2-6-12(15,16)17/h1,4-5,8,18H,2-3,6-7H2. The second-order valence-electron chi connectivity index (χ2n) is 4.07. The van der Waals surface area contributed by atoms with Gasteiger partial charge in [0.2, 0.25) is 0 Å². The van der Waals surface area contributed by atoms with E-state index in [0.717, 1.165) is 0 Å². The van der Waals surface area contributed by atoms with Crippen molar-refractivity contribution in [3.63, 3.8) is 0 Å². The number of benzene rings is 1. The smallest absolute Gasteiger partial charge is 0.389 e. The highest BCUT2D eigenvalue weighted by Crippen LogP contribution is 2.25. The summed E-state index contributed by atoms with van der Waals surface area (Å²) in [4.78, 5) is 0. The molecule has 1 N–H and O–H groups in total. The van der Waals surface area contributed by atoms with E-state index in [1.807, 2.05) is 0 Å². The number of rotatable bonds is 5. The van der Waals surface area contributed by atoms with Gasteiger partial charge in [-0.1, -0.05) is 17.7 Å². The Kier molecular flexibility index (Phi) is 5.41. The fourth-order valence-corrected chi connectivity index (χ4v) is 1.84. The van der Waals surface area contributed by atoms with E-state index in [4.69, 9.17) is 11.6 Å². The quantitative estimate of drug-likeness (QED) is 0.807. The van der Waals surface area contributed by atoms with Gasteiger partial charge in [0.1, 0.15) is 5.82 Å². The SMILES string of the molecule is OC(CCCC(F)(F)F)Cc1c(F)cccc1Cl. The predicted molar refractivity (Wildman–Crippen MR) is 61.0 cm³/mol. The lowest BCUT2D eigenvalue weighted by Gasteiger charge is -2.13. The van der Waals surface area contributed by atoms with Crippen molar-refractivity contribution in [1.29, 1.82) is 0 Å². The summed E-state index contributed by atoms with van der Waals surface area (Å²) in [6.45, 7) is 0. The molecule has 0 amide bonds. The number of aliphatic hydroxyl groups excluding tert-OH is 1. The second kappa shape index (κ2) is 6.38. The molecule has 0 aromatic heterocycles. The highest BCUT2D eigenvalue weighted by Gasteiger charge is 2.26. The minimum Gasteiger partial charge on any atom is -0.393 e. The molecule has 1 unspecified atom stereocenters. The van der Waals surface area contributed by atoms with Crippen molar-refractivity contribution >= 4 is 11.6 Å². The Bertz CT molecular complexity index is 372. The molecule has 0 aliphatic rings. The van der Waals surface area contributed by atoms with Gasteiger partial charge in [-0.2, -0.15) is 13.2 Å². The van der Waals surface area contributed by atoms with E-state index in [9.17, 15) is 22.7 Å².